The van der Waals surface area contributed by atoms with Gasteiger partial charge in [-0.2, -0.15) is 0 Å². The molecule has 5 nitrogen and oxygen atoms in total. The zero-order valence-electron chi connectivity index (χ0n) is 9.17. The third-order valence-electron chi connectivity index (χ3n) is 2.57. The third-order valence-corrected chi connectivity index (χ3v) is 2.57. The van der Waals surface area contributed by atoms with E-state index in [-0.39, 0.29) is 0 Å². The van der Waals surface area contributed by atoms with Crippen molar-refractivity contribution in [3.05, 3.63) is 42.0 Å². The van der Waals surface area contributed by atoms with Crippen LogP contribution in [-0.4, -0.2) is 22.4 Å². The first-order chi connectivity index (χ1) is 8.31. The van der Waals surface area contributed by atoms with Crippen molar-refractivity contribution in [3.63, 3.8) is 0 Å². The molecule has 0 unspecified atom stereocenters. The van der Waals surface area contributed by atoms with Gasteiger partial charge >= 0.3 is 0 Å². The molecule has 2 aliphatic heterocycles. The molecule has 0 fully saturated rings. The molecule has 0 aliphatic carbocycles. The van der Waals surface area contributed by atoms with Gasteiger partial charge in [-0.1, -0.05) is 6.07 Å². The summed E-state index contributed by atoms with van der Waals surface area (Å²) in [4.78, 5) is 17.0. The fraction of sp³-hybridized carbons (Fsp3) is 0.167. The van der Waals surface area contributed by atoms with Crippen LogP contribution in [0.3, 0.4) is 0 Å². The van der Waals surface area contributed by atoms with Gasteiger partial charge in [-0.3, -0.25) is 4.98 Å². The Balaban J connectivity index is 1.81. The van der Waals surface area contributed by atoms with E-state index < -0.39 is 0 Å². The number of hydrogen-bond acceptors (Lipinski definition) is 5. The zero-order valence-corrected chi connectivity index (χ0v) is 9.17. The molecule has 0 radical (unpaired) electrons. The largest absolute Gasteiger partial charge is 0.400 e. The molecule has 0 spiro atoms. The van der Waals surface area contributed by atoms with Crippen LogP contribution in [0.25, 0.3) is 0 Å². The molecule has 0 aromatic carbocycles. The van der Waals surface area contributed by atoms with E-state index in [1.807, 2.05) is 18.3 Å². The number of rotatable bonds is 2. The first-order valence-corrected chi connectivity index (χ1v) is 5.38. The van der Waals surface area contributed by atoms with Gasteiger partial charge in [0.15, 0.2) is 5.84 Å². The van der Waals surface area contributed by atoms with Crippen molar-refractivity contribution in [1.82, 2.24) is 4.98 Å². The summed E-state index contributed by atoms with van der Waals surface area (Å²) in [5.41, 5.74) is 8.39. The van der Waals surface area contributed by atoms with Gasteiger partial charge in [0.2, 0.25) is 0 Å². The quantitative estimate of drug-likeness (QED) is 0.817. The second-order valence-corrected chi connectivity index (χ2v) is 3.96. The van der Waals surface area contributed by atoms with E-state index in [0.29, 0.717) is 18.7 Å². The van der Waals surface area contributed by atoms with Crippen LogP contribution in [0.15, 0.2) is 51.4 Å². The number of amidine groups is 2. The van der Waals surface area contributed by atoms with Gasteiger partial charge in [0.05, 0.1) is 5.71 Å². The summed E-state index contributed by atoms with van der Waals surface area (Å²) in [6.07, 6.45) is 6.53. The maximum absolute atomic E-state index is 5.70. The molecule has 5 heteroatoms. The van der Waals surface area contributed by atoms with Crippen LogP contribution >= 0.6 is 0 Å². The molecule has 2 aliphatic rings. The van der Waals surface area contributed by atoms with Gasteiger partial charge in [-0.05, 0) is 11.6 Å². The SMILES string of the molecule is NC1=CN=C2N=C(Cc3cccnc3)N=C2C1. The Morgan fingerprint density at radius 1 is 1.29 bits per heavy atom. The first-order valence-electron chi connectivity index (χ1n) is 5.38. The van der Waals surface area contributed by atoms with E-state index in [2.05, 4.69) is 20.0 Å². The van der Waals surface area contributed by atoms with Gasteiger partial charge in [0, 0.05) is 37.1 Å². The fourth-order valence-electron chi connectivity index (χ4n) is 1.79. The molecule has 0 saturated heterocycles. The Labute approximate surface area is 98.5 Å². The zero-order chi connectivity index (χ0) is 11.7. The van der Waals surface area contributed by atoms with Crippen LogP contribution in [-0.2, 0) is 6.42 Å². The highest BCUT2D eigenvalue weighted by Gasteiger charge is 2.20. The standard InChI is InChI=1S/C12H11N5/c13-9-5-10-12(15-7-9)17-11(16-10)4-8-2-1-3-14-6-8/h1-3,6-7H,4-5,13H2. The lowest BCUT2D eigenvalue weighted by molar-refractivity contribution is 1.17. The van der Waals surface area contributed by atoms with Crippen LogP contribution in [0.1, 0.15) is 12.0 Å². The highest BCUT2D eigenvalue weighted by atomic mass is 15.1. The smallest absolute Gasteiger partial charge is 0.176 e. The predicted octanol–water partition coefficient (Wildman–Crippen LogP) is 1.08. The van der Waals surface area contributed by atoms with E-state index in [1.165, 1.54) is 0 Å². The minimum absolute atomic E-state index is 0.638. The Morgan fingerprint density at radius 3 is 3.06 bits per heavy atom. The second kappa shape index (κ2) is 3.93. The summed E-state index contributed by atoms with van der Waals surface area (Å²) < 4.78 is 0. The van der Waals surface area contributed by atoms with Crippen molar-refractivity contribution in [2.75, 3.05) is 0 Å². The van der Waals surface area contributed by atoms with E-state index in [0.717, 1.165) is 22.8 Å². The number of hydrogen-bond donors (Lipinski definition) is 1. The Bertz CT molecular complexity index is 566. The summed E-state index contributed by atoms with van der Waals surface area (Å²) in [5.74, 6) is 1.47. The molecule has 1 aromatic heterocycles. The summed E-state index contributed by atoms with van der Waals surface area (Å²) >= 11 is 0. The minimum atomic E-state index is 0.638. The van der Waals surface area contributed by atoms with Crippen LogP contribution < -0.4 is 5.73 Å². The predicted molar refractivity (Wildman–Crippen MR) is 67.1 cm³/mol. The molecule has 0 atom stereocenters. The van der Waals surface area contributed by atoms with Crippen molar-refractivity contribution in [2.24, 2.45) is 20.7 Å². The van der Waals surface area contributed by atoms with E-state index >= 15 is 0 Å². The van der Waals surface area contributed by atoms with Crippen molar-refractivity contribution in [3.8, 4) is 0 Å². The highest BCUT2D eigenvalue weighted by Crippen LogP contribution is 2.14. The lowest BCUT2D eigenvalue weighted by Gasteiger charge is -2.04. The molecule has 0 bridgehead atoms. The van der Waals surface area contributed by atoms with Crippen LogP contribution in [0.5, 0.6) is 0 Å². The van der Waals surface area contributed by atoms with Crippen molar-refractivity contribution in [1.29, 1.82) is 0 Å². The lowest BCUT2D eigenvalue weighted by atomic mass is 10.2. The third kappa shape index (κ3) is 1.99. The number of aliphatic imine (C=N–C) groups is 3. The fourth-order valence-corrected chi connectivity index (χ4v) is 1.79. The second-order valence-electron chi connectivity index (χ2n) is 3.96. The monoisotopic (exact) mass is 225 g/mol. The number of allylic oxidation sites excluding steroid dienone is 1. The molecular formula is C12H11N5. The highest BCUT2D eigenvalue weighted by molar-refractivity contribution is 6.48. The number of nitrogens with zero attached hydrogens (tertiary/aromatic N) is 4. The van der Waals surface area contributed by atoms with Crippen molar-refractivity contribution in [2.45, 2.75) is 12.8 Å². The van der Waals surface area contributed by atoms with Gasteiger partial charge in [0.25, 0.3) is 0 Å². The van der Waals surface area contributed by atoms with Gasteiger partial charge in [-0.25, -0.2) is 15.0 Å². The summed E-state index contributed by atoms with van der Waals surface area (Å²) in [5, 5.41) is 0. The first kappa shape index (κ1) is 9.89. The normalized spacial score (nSPS) is 17.9. The van der Waals surface area contributed by atoms with Crippen LogP contribution in [0.4, 0.5) is 0 Å². The molecule has 0 amide bonds. The van der Waals surface area contributed by atoms with E-state index in [9.17, 15) is 0 Å². The average molecular weight is 225 g/mol. The molecule has 0 saturated carbocycles. The number of nitrogens with two attached hydrogens (primary N) is 1. The Kier molecular flexibility index (Phi) is 2.29. The Hall–Kier alpha value is -2.30. The lowest BCUT2D eigenvalue weighted by Crippen LogP contribution is -2.16. The number of fused-ring (bicyclic) bond motifs is 1. The Morgan fingerprint density at radius 2 is 2.24 bits per heavy atom. The number of aromatic nitrogens is 1. The summed E-state index contributed by atoms with van der Waals surface area (Å²) in [7, 11) is 0. The van der Waals surface area contributed by atoms with Gasteiger partial charge in [-0.15, -0.1) is 0 Å². The molecule has 3 heterocycles. The van der Waals surface area contributed by atoms with Crippen molar-refractivity contribution < 1.29 is 0 Å². The van der Waals surface area contributed by atoms with Crippen LogP contribution in [0.2, 0.25) is 0 Å². The molecule has 3 rings (SSSR count). The molecule has 1 aromatic rings. The van der Waals surface area contributed by atoms with E-state index in [4.69, 9.17) is 5.73 Å². The van der Waals surface area contributed by atoms with Crippen LogP contribution in [0, 0.1) is 0 Å². The summed E-state index contributed by atoms with van der Waals surface area (Å²) in [6.45, 7) is 0. The van der Waals surface area contributed by atoms with E-state index in [1.54, 1.807) is 12.4 Å². The van der Waals surface area contributed by atoms with Crippen molar-refractivity contribution >= 4 is 17.4 Å². The minimum Gasteiger partial charge on any atom is -0.400 e. The maximum atomic E-state index is 5.70. The molecule has 2 N–H and O–H groups in total. The molecular weight excluding hydrogens is 214 g/mol. The maximum Gasteiger partial charge on any atom is 0.176 e. The summed E-state index contributed by atoms with van der Waals surface area (Å²) in [6, 6.07) is 3.91. The number of pyridine rings is 1. The van der Waals surface area contributed by atoms with Gasteiger partial charge < -0.3 is 5.73 Å². The van der Waals surface area contributed by atoms with Gasteiger partial charge in [0.1, 0.15) is 5.84 Å². The average Bonchev–Trinajstić information content (AvgIpc) is 2.71. The molecule has 17 heavy (non-hydrogen) atoms. The topological polar surface area (TPSA) is 76.0 Å². The molecule has 84 valence electrons.